The average Bonchev–Trinajstić information content (AvgIpc) is 2.42. The minimum atomic E-state index is -4.34. The Balaban J connectivity index is 2.32. The molecule has 2 aromatic rings. The van der Waals surface area contributed by atoms with Crippen molar-refractivity contribution in [3.8, 4) is 0 Å². The molecule has 0 saturated carbocycles. The van der Waals surface area contributed by atoms with Crippen LogP contribution in [-0.2, 0) is 10.0 Å². The van der Waals surface area contributed by atoms with E-state index < -0.39 is 38.3 Å². The summed E-state index contributed by atoms with van der Waals surface area (Å²) in [5, 5.41) is 7.05. The standard InChI is InChI=1S/C13H9F3N2O3S/c14-9-4-2-8(6-11(9)16)18-13(19)7-1-3-10(15)12(5-7)22(17,20)21/h1-6H,(H,18,19)(H2,17,20,21). The number of primary sulfonamides is 1. The number of hydrogen-bond donors (Lipinski definition) is 2. The number of benzene rings is 2. The first kappa shape index (κ1) is 16.0. The van der Waals surface area contributed by atoms with Crippen LogP contribution in [0.25, 0.3) is 0 Å². The fraction of sp³-hybridized carbons (Fsp3) is 0. The van der Waals surface area contributed by atoms with Crippen LogP contribution in [-0.4, -0.2) is 14.3 Å². The summed E-state index contributed by atoms with van der Waals surface area (Å²) in [6.07, 6.45) is 0. The SMILES string of the molecule is NS(=O)(=O)c1cc(C(=O)Nc2ccc(F)c(F)c2)ccc1F. The summed E-state index contributed by atoms with van der Waals surface area (Å²) in [6, 6.07) is 5.21. The smallest absolute Gasteiger partial charge is 0.255 e. The largest absolute Gasteiger partial charge is 0.322 e. The van der Waals surface area contributed by atoms with Crippen LogP contribution in [0.15, 0.2) is 41.3 Å². The third-order valence-electron chi connectivity index (χ3n) is 2.68. The lowest BCUT2D eigenvalue weighted by atomic mass is 10.2. The number of halogens is 3. The maximum Gasteiger partial charge on any atom is 0.255 e. The third kappa shape index (κ3) is 3.43. The van der Waals surface area contributed by atoms with Gasteiger partial charge in [0.2, 0.25) is 10.0 Å². The zero-order chi connectivity index (χ0) is 16.5. The highest BCUT2D eigenvalue weighted by atomic mass is 32.2. The number of amides is 1. The Kier molecular flexibility index (Phi) is 4.20. The summed E-state index contributed by atoms with van der Waals surface area (Å²) < 4.78 is 61.6. The molecule has 3 N–H and O–H groups in total. The normalized spacial score (nSPS) is 11.3. The minimum absolute atomic E-state index is 0.0506. The molecule has 0 saturated heterocycles. The van der Waals surface area contributed by atoms with E-state index in [-0.39, 0.29) is 11.3 Å². The predicted octanol–water partition coefficient (Wildman–Crippen LogP) is 2.00. The van der Waals surface area contributed by atoms with E-state index in [2.05, 4.69) is 5.32 Å². The second-order valence-corrected chi connectivity index (χ2v) is 5.80. The molecule has 2 rings (SSSR count). The highest BCUT2D eigenvalue weighted by molar-refractivity contribution is 7.89. The lowest BCUT2D eigenvalue weighted by Crippen LogP contribution is -2.17. The molecule has 0 aromatic heterocycles. The summed E-state index contributed by atoms with van der Waals surface area (Å²) in [5.74, 6) is -4.19. The third-order valence-corrected chi connectivity index (χ3v) is 3.60. The molecule has 0 radical (unpaired) electrons. The van der Waals surface area contributed by atoms with Gasteiger partial charge in [0.15, 0.2) is 11.6 Å². The Morgan fingerprint density at radius 2 is 1.59 bits per heavy atom. The fourth-order valence-corrected chi connectivity index (χ4v) is 2.27. The number of carbonyl (C=O) groups is 1. The summed E-state index contributed by atoms with van der Waals surface area (Å²) >= 11 is 0. The Morgan fingerprint density at radius 3 is 2.18 bits per heavy atom. The molecule has 0 heterocycles. The number of rotatable bonds is 3. The van der Waals surface area contributed by atoms with Crippen molar-refractivity contribution in [1.29, 1.82) is 0 Å². The molecule has 22 heavy (non-hydrogen) atoms. The van der Waals surface area contributed by atoms with Crippen LogP contribution in [0, 0.1) is 17.5 Å². The summed E-state index contributed by atoms with van der Waals surface area (Å²) in [5.41, 5.74) is -0.263. The van der Waals surface area contributed by atoms with Crippen molar-refractivity contribution in [2.75, 3.05) is 5.32 Å². The lowest BCUT2D eigenvalue weighted by molar-refractivity contribution is 0.102. The summed E-state index contributed by atoms with van der Waals surface area (Å²) in [4.78, 5) is 11.1. The van der Waals surface area contributed by atoms with E-state index in [1.165, 1.54) is 0 Å². The molecule has 0 unspecified atom stereocenters. The highest BCUT2D eigenvalue weighted by Crippen LogP contribution is 2.18. The number of nitrogens with one attached hydrogen (secondary N) is 1. The minimum Gasteiger partial charge on any atom is -0.322 e. The molecule has 5 nitrogen and oxygen atoms in total. The van der Waals surface area contributed by atoms with Gasteiger partial charge in [-0.25, -0.2) is 26.7 Å². The van der Waals surface area contributed by atoms with Gasteiger partial charge in [-0.15, -0.1) is 0 Å². The van der Waals surface area contributed by atoms with Crippen LogP contribution in [0.4, 0.5) is 18.9 Å². The van der Waals surface area contributed by atoms with Gasteiger partial charge in [-0.05, 0) is 30.3 Å². The van der Waals surface area contributed by atoms with Crippen LogP contribution < -0.4 is 10.5 Å². The van der Waals surface area contributed by atoms with Crippen LogP contribution in [0.1, 0.15) is 10.4 Å². The second-order valence-electron chi connectivity index (χ2n) is 4.27. The topological polar surface area (TPSA) is 89.3 Å². The van der Waals surface area contributed by atoms with Gasteiger partial charge >= 0.3 is 0 Å². The molecule has 0 atom stereocenters. The van der Waals surface area contributed by atoms with Gasteiger partial charge in [-0.3, -0.25) is 4.79 Å². The Bertz CT molecular complexity index is 854. The first-order chi connectivity index (χ1) is 10.2. The molecule has 0 aliphatic heterocycles. The Labute approximate surface area is 123 Å². The zero-order valence-corrected chi connectivity index (χ0v) is 11.6. The van der Waals surface area contributed by atoms with E-state index in [1.807, 2.05) is 0 Å². The van der Waals surface area contributed by atoms with Crippen molar-refractivity contribution in [2.45, 2.75) is 4.90 Å². The Hall–Kier alpha value is -2.39. The number of sulfonamides is 1. The summed E-state index contributed by atoms with van der Waals surface area (Å²) in [7, 11) is -4.34. The zero-order valence-electron chi connectivity index (χ0n) is 10.8. The van der Waals surface area contributed by atoms with Crippen LogP contribution >= 0.6 is 0 Å². The van der Waals surface area contributed by atoms with E-state index in [0.29, 0.717) is 0 Å². The monoisotopic (exact) mass is 330 g/mol. The van der Waals surface area contributed by atoms with Gasteiger partial charge in [0, 0.05) is 17.3 Å². The van der Waals surface area contributed by atoms with Gasteiger partial charge < -0.3 is 5.32 Å². The molecule has 2 aromatic carbocycles. The highest BCUT2D eigenvalue weighted by Gasteiger charge is 2.17. The lowest BCUT2D eigenvalue weighted by Gasteiger charge is -2.07. The fourth-order valence-electron chi connectivity index (χ4n) is 1.64. The van der Waals surface area contributed by atoms with Crippen molar-refractivity contribution < 1.29 is 26.4 Å². The van der Waals surface area contributed by atoms with Crippen LogP contribution in [0.5, 0.6) is 0 Å². The Morgan fingerprint density at radius 1 is 0.955 bits per heavy atom. The van der Waals surface area contributed by atoms with Crippen LogP contribution in [0.2, 0.25) is 0 Å². The molecule has 0 aliphatic carbocycles. The van der Waals surface area contributed by atoms with Gasteiger partial charge in [-0.2, -0.15) is 0 Å². The molecule has 1 amide bonds. The molecular weight excluding hydrogens is 321 g/mol. The average molecular weight is 330 g/mol. The number of carbonyl (C=O) groups excluding carboxylic acids is 1. The van der Waals surface area contributed by atoms with E-state index in [0.717, 1.165) is 36.4 Å². The van der Waals surface area contributed by atoms with Gasteiger partial charge in [0.25, 0.3) is 5.91 Å². The first-order valence-corrected chi connectivity index (χ1v) is 7.32. The maximum absolute atomic E-state index is 13.4. The van der Waals surface area contributed by atoms with Gasteiger partial charge in [-0.1, -0.05) is 0 Å². The van der Waals surface area contributed by atoms with Gasteiger partial charge in [0.1, 0.15) is 10.7 Å². The molecule has 0 fully saturated rings. The van der Waals surface area contributed by atoms with Crippen molar-refractivity contribution in [2.24, 2.45) is 5.14 Å². The molecule has 116 valence electrons. The molecular formula is C13H9F3N2O3S. The van der Waals surface area contributed by atoms with Crippen molar-refractivity contribution in [3.63, 3.8) is 0 Å². The number of hydrogen-bond acceptors (Lipinski definition) is 3. The van der Waals surface area contributed by atoms with E-state index in [4.69, 9.17) is 5.14 Å². The van der Waals surface area contributed by atoms with Crippen molar-refractivity contribution in [3.05, 3.63) is 59.4 Å². The molecule has 0 spiro atoms. The molecule has 0 aliphatic rings. The van der Waals surface area contributed by atoms with Crippen molar-refractivity contribution in [1.82, 2.24) is 0 Å². The van der Waals surface area contributed by atoms with E-state index >= 15 is 0 Å². The molecule has 0 bridgehead atoms. The van der Waals surface area contributed by atoms with Crippen LogP contribution in [0.3, 0.4) is 0 Å². The van der Waals surface area contributed by atoms with Gasteiger partial charge in [0.05, 0.1) is 0 Å². The van der Waals surface area contributed by atoms with E-state index in [9.17, 15) is 26.4 Å². The van der Waals surface area contributed by atoms with E-state index in [1.54, 1.807) is 0 Å². The first-order valence-electron chi connectivity index (χ1n) is 5.77. The maximum atomic E-state index is 13.4. The second kappa shape index (κ2) is 5.78. The predicted molar refractivity (Wildman–Crippen MR) is 72.1 cm³/mol. The molecule has 9 heteroatoms. The summed E-state index contributed by atoms with van der Waals surface area (Å²) in [6.45, 7) is 0. The quantitative estimate of drug-likeness (QED) is 0.902. The van der Waals surface area contributed by atoms with Crippen molar-refractivity contribution >= 4 is 21.6 Å². The number of nitrogens with two attached hydrogens (primary N) is 1. The number of anilines is 1.